The Morgan fingerprint density at radius 3 is 2.83 bits per heavy atom. The third-order valence-corrected chi connectivity index (χ3v) is 3.00. The monoisotopic (exact) mass is 262 g/mol. The molecule has 0 spiro atoms. The van der Waals surface area contributed by atoms with E-state index in [1.54, 1.807) is 12.3 Å². The molecule has 18 heavy (non-hydrogen) atoms. The van der Waals surface area contributed by atoms with Crippen molar-refractivity contribution in [2.45, 2.75) is 13.0 Å². The zero-order chi connectivity index (χ0) is 13.0. The van der Waals surface area contributed by atoms with E-state index < -0.39 is 6.10 Å². The maximum atomic E-state index is 10.1. The van der Waals surface area contributed by atoms with Crippen molar-refractivity contribution in [3.63, 3.8) is 0 Å². The lowest BCUT2D eigenvalue weighted by molar-refractivity contribution is 0.192. The standard InChI is InChI=1S/C14H15ClN2O/c1-10-8-11(6-7-16-10)17-9-14(18)12-4-2-3-5-13(12)15/h2-8,14,18H,9H2,1H3,(H,16,17). The smallest absolute Gasteiger partial charge is 0.0976 e. The molecule has 2 N–H and O–H groups in total. The van der Waals surface area contributed by atoms with Gasteiger partial charge in [0.15, 0.2) is 0 Å². The summed E-state index contributed by atoms with van der Waals surface area (Å²) in [6.07, 6.45) is 1.10. The second-order valence-electron chi connectivity index (χ2n) is 4.10. The van der Waals surface area contributed by atoms with E-state index in [2.05, 4.69) is 10.3 Å². The maximum absolute atomic E-state index is 10.1. The van der Waals surface area contributed by atoms with Crippen molar-refractivity contribution < 1.29 is 5.11 Å². The second kappa shape index (κ2) is 5.85. The molecule has 2 rings (SSSR count). The van der Waals surface area contributed by atoms with Crippen molar-refractivity contribution in [1.29, 1.82) is 0 Å². The van der Waals surface area contributed by atoms with Crippen molar-refractivity contribution in [3.8, 4) is 0 Å². The van der Waals surface area contributed by atoms with Crippen molar-refractivity contribution in [2.24, 2.45) is 0 Å². The molecule has 0 saturated heterocycles. The van der Waals surface area contributed by atoms with Gasteiger partial charge in [-0.25, -0.2) is 0 Å². The molecule has 2 aromatic rings. The van der Waals surface area contributed by atoms with Crippen LogP contribution in [0, 0.1) is 6.92 Å². The molecular weight excluding hydrogens is 248 g/mol. The molecule has 4 heteroatoms. The Hall–Kier alpha value is -1.58. The first-order valence-electron chi connectivity index (χ1n) is 5.76. The normalized spacial score (nSPS) is 12.2. The lowest BCUT2D eigenvalue weighted by atomic mass is 10.1. The van der Waals surface area contributed by atoms with E-state index in [0.29, 0.717) is 11.6 Å². The molecule has 0 aliphatic heterocycles. The number of pyridine rings is 1. The Morgan fingerprint density at radius 1 is 1.33 bits per heavy atom. The van der Waals surface area contributed by atoms with Gasteiger partial charge in [-0.05, 0) is 25.1 Å². The molecule has 1 aromatic carbocycles. The molecule has 1 aromatic heterocycles. The number of aliphatic hydroxyl groups excluding tert-OH is 1. The molecule has 0 fully saturated rings. The third-order valence-electron chi connectivity index (χ3n) is 2.66. The highest BCUT2D eigenvalue weighted by Crippen LogP contribution is 2.22. The van der Waals surface area contributed by atoms with Crippen LogP contribution >= 0.6 is 11.6 Å². The summed E-state index contributed by atoms with van der Waals surface area (Å²) < 4.78 is 0. The molecule has 1 atom stereocenters. The van der Waals surface area contributed by atoms with Gasteiger partial charge in [0.2, 0.25) is 0 Å². The molecule has 0 amide bonds. The van der Waals surface area contributed by atoms with Crippen LogP contribution in [0.3, 0.4) is 0 Å². The van der Waals surface area contributed by atoms with Gasteiger partial charge in [0.25, 0.3) is 0 Å². The average molecular weight is 263 g/mol. The number of benzene rings is 1. The summed E-state index contributed by atoms with van der Waals surface area (Å²) in [5.74, 6) is 0. The highest BCUT2D eigenvalue weighted by molar-refractivity contribution is 6.31. The van der Waals surface area contributed by atoms with Gasteiger partial charge in [0, 0.05) is 34.7 Å². The summed E-state index contributed by atoms with van der Waals surface area (Å²) in [5.41, 5.74) is 2.61. The molecule has 0 aliphatic carbocycles. The van der Waals surface area contributed by atoms with Gasteiger partial charge >= 0.3 is 0 Å². The minimum atomic E-state index is -0.632. The Morgan fingerprint density at radius 2 is 2.11 bits per heavy atom. The van der Waals surface area contributed by atoms with Crippen molar-refractivity contribution in [3.05, 3.63) is 58.9 Å². The Labute approximate surface area is 111 Å². The summed E-state index contributed by atoms with van der Waals surface area (Å²) in [4.78, 5) is 4.12. The molecule has 3 nitrogen and oxygen atoms in total. The van der Waals surface area contributed by atoms with Crippen LogP contribution in [-0.2, 0) is 0 Å². The summed E-state index contributed by atoms with van der Waals surface area (Å²) in [6, 6.07) is 11.1. The zero-order valence-corrected chi connectivity index (χ0v) is 10.9. The maximum Gasteiger partial charge on any atom is 0.0976 e. The topological polar surface area (TPSA) is 45.1 Å². The van der Waals surface area contributed by atoms with Gasteiger partial charge in [-0.2, -0.15) is 0 Å². The summed E-state index contributed by atoms with van der Waals surface area (Å²) >= 11 is 6.03. The predicted molar refractivity (Wildman–Crippen MR) is 73.9 cm³/mol. The quantitative estimate of drug-likeness (QED) is 0.890. The number of aryl methyl sites for hydroxylation is 1. The molecule has 0 aliphatic rings. The molecular formula is C14H15ClN2O. The zero-order valence-electron chi connectivity index (χ0n) is 10.1. The number of aliphatic hydroxyl groups is 1. The fraction of sp³-hybridized carbons (Fsp3) is 0.214. The first-order chi connectivity index (χ1) is 8.66. The fourth-order valence-electron chi connectivity index (χ4n) is 1.73. The number of nitrogens with zero attached hydrogens (tertiary/aromatic N) is 1. The van der Waals surface area contributed by atoms with Crippen LogP contribution in [0.15, 0.2) is 42.6 Å². The largest absolute Gasteiger partial charge is 0.387 e. The number of rotatable bonds is 4. The van der Waals surface area contributed by atoms with E-state index in [1.165, 1.54) is 0 Å². The summed E-state index contributed by atoms with van der Waals surface area (Å²) in [6.45, 7) is 2.34. The first kappa shape index (κ1) is 12.9. The number of hydrogen-bond donors (Lipinski definition) is 2. The second-order valence-corrected chi connectivity index (χ2v) is 4.51. The van der Waals surface area contributed by atoms with E-state index in [4.69, 9.17) is 11.6 Å². The van der Waals surface area contributed by atoms with Gasteiger partial charge in [-0.3, -0.25) is 4.98 Å². The van der Waals surface area contributed by atoms with Crippen molar-refractivity contribution in [2.75, 3.05) is 11.9 Å². The van der Waals surface area contributed by atoms with Crippen molar-refractivity contribution in [1.82, 2.24) is 4.98 Å². The SMILES string of the molecule is Cc1cc(NCC(O)c2ccccc2Cl)ccn1. The van der Waals surface area contributed by atoms with Gasteiger partial charge < -0.3 is 10.4 Å². The lowest BCUT2D eigenvalue weighted by Gasteiger charge is -2.14. The van der Waals surface area contributed by atoms with Crippen LogP contribution in [0.2, 0.25) is 5.02 Å². The number of halogens is 1. The Balaban J connectivity index is 2.00. The third kappa shape index (κ3) is 3.22. The van der Waals surface area contributed by atoms with Crippen LogP contribution in [-0.4, -0.2) is 16.6 Å². The fourth-order valence-corrected chi connectivity index (χ4v) is 1.99. The van der Waals surface area contributed by atoms with Crippen LogP contribution in [0.1, 0.15) is 17.4 Å². The van der Waals surface area contributed by atoms with Crippen LogP contribution in [0.25, 0.3) is 0 Å². The molecule has 0 saturated carbocycles. The molecule has 94 valence electrons. The number of nitrogens with one attached hydrogen (secondary N) is 1. The van der Waals surface area contributed by atoms with E-state index >= 15 is 0 Å². The van der Waals surface area contributed by atoms with E-state index in [-0.39, 0.29) is 0 Å². The van der Waals surface area contributed by atoms with Gasteiger partial charge in [-0.15, -0.1) is 0 Å². The molecule has 1 unspecified atom stereocenters. The van der Waals surface area contributed by atoms with E-state index in [0.717, 1.165) is 16.9 Å². The molecule has 0 radical (unpaired) electrons. The number of aromatic nitrogens is 1. The first-order valence-corrected chi connectivity index (χ1v) is 6.13. The highest BCUT2D eigenvalue weighted by Gasteiger charge is 2.10. The van der Waals surface area contributed by atoms with Crippen molar-refractivity contribution >= 4 is 17.3 Å². The number of anilines is 1. The predicted octanol–water partition coefficient (Wildman–Crippen LogP) is 3.19. The minimum Gasteiger partial charge on any atom is -0.387 e. The van der Waals surface area contributed by atoms with E-state index in [1.807, 2.05) is 37.3 Å². The van der Waals surface area contributed by atoms with Crippen LogP contribution in [0.4, 0.5) is 5.69 Å². The van der Waals surface area contributed by atoms with Gasteiger partial charge in [-0.1, -0.05) is 29.8 Å². The van der Waals surface area contributed by atoms with Crippen LogP contribution < -0.4 is 5.32 Å². The lowest BCUT2D eigenvalue weighted by Crippen LogP contribution is -2.12. The molecule has 0 bridgehead atoms. The average Bonchev–Trinajstić information content (AvgIpc) is 2.37. The summed E-state index contributed by atoms with van der Waals surface area (Å²) in [7, 11) is 0. The Bertz CT molecular complexity index is 531. The van der Waals surface area contributed by atoms with E-state index in [9.17, 15) is 5.11 Å². The number of hydrogen-bond acceptors (Lipinski definition) is 3. The molecule has 1 heterocycles. The minimum absolute atomic E-state index is 0.410. The Kier molecular flexibility index (Phi) is 4.18. The van der Waals surface area contributed by atoms with Gasteiger partial charge in [0.1, 0.15) is 0 Å². The van der Waals surface area contributed by atoms with Gasteiger partial charge in [0.05, 0.1) is 6.10 Å². The van der Waals surface area contributed by atoms with Crippen LogP contribution in [0.5, 0.6) is 0 Å². The summed E-state index contributed by atoms with van der Waals surface area (Å²) in [5, 5.41) is 13.8. The highest BCUT2D eigenvalue weighted by atomic mass is 35.5.